The second-order valence-corrected chi connectivity index (χ2v) is 9.59. The number of anilines is 1. The van der Waals surface area contributed by atoms with Crippen molar-refractivity contribution in [1.82, 2.24) is 4.31 Å². The van der Waals surface area contributed by atoms with E-state index in [9.17, 15) is 18.0 Å². The zero-order chi connectivity index (χ0) is 24.6. The van der Waals surface area contributed by atoms with Gasteiger partial charge in [0.05, 0.1) is 17.7 Å². The summed E-state index contributed by atoms with van der Waals surface area (Å²) in [6.45, 7) is 5.71. The minimum Gasteiger partial charge on any atom is -0.495 e. The highest BCUT2D eigenvalue weighted by molar-refractivity contribution is 7.89. The molecule has 0 aliphatic heterocycles. The van der Waals surface area contributed by atoms with Crippen LogP contribution in [-0.4, -0.2) is 51.4 Å². The van der Waals surface area contributed by atoms with Gasteiger partial charge in [-0.25, -0.2) is 8.42 Å². The molecular formula is C23H29ClN2O6S. The predicted molar refractivity (Wildman–Crippen MR) is 127 cm³/mol. The summed E-state index contributed by atoms with van der Waals surface area (Å²) in [4.78, 5) is 24.4. The Hall–Kier alpha value is -2.62. The maximum atomic E-state index is 12.5. The van der Waals surface area contributed by atoms with Crippen LogP contribution in [0.3, 0.4) is 0 Å². The molecule has 0 saturated carbocycles. The van der Waals surface area contributed by atoms with Crippen LogP contribution in [0.15, 0.2) is 41.3 Å². The third-order valence-electron chi connectivity index (χ3n) is 5.00. The number of nitrogens with one attached hydrogen (secondary N) is 1. The summed E-state index contributed by atoms with van der Waals surface area (Å²) in [5, 5.41) is 3.15. The Morgan fingerprint density at radius 1 is 1.09 bits per heavy atom. The standard InChI is InChI=1S/C23H29ClN2O6S/c1-5-26(6-2)33(29,30)18-10-7-17(8-11-18)9-12-23(28)32-15-22(27)25-20-13-16(3)19(24)14-21(20)31-4/h7-8,10-11,13-14H,5-6,9,12,15H2,1-4H3,(H,25,27). The molecule has 8 nitrogen and oxygen atoms in total. The van der Waals surface area contributed by atoms with E-state index in [4.69, 9.17) is 21.1 Å². The molecule has 10 heteroatoms. The average Bonchev–Trinajstić information content (AvgIpc) is 2.79. The van der Waals surface area contributed by atoms with Crippen molar-refractivity contribution in [2.75, 3.05) is 32.1 Å². The van der Waals surface area contributed by atoms with Gasteiger partial charge in [-0.3, -0.25) is 9.59 Å². The highest BCUT2D eigenvalue weighted by Crippen LogP contribution is 2.30. The minimum absolute atomic E-state index is 0.0544. The Morgan fingerprint density at radius 3 is 2.30 bits per heavy atom. The van der Waals surface area contributed by atoms with Crippen LogP contribution < -0.4 is 10.1 Å². The number of rotatable bonds is 11. The number of halogens is 1. The second kappa shape index (κ2) is 12.0. The first-order valence-electron chi connectivity index (χ1n) is 10.5. The summed E-state index contributed by atoms with van der Waals surface area (Å²) in [6.07, 6.45) is 0.412. The van der Waals surface area contributed by atoms with Crippen molar-refractivity contribution in [1.29, 1.82) is 0 Å². The SMILES string of the molecule is CCN(CC)S(=O)(=O)c1ccc(CCC(=O)OCC(=O)Nc2cc(C)c(Cl)cc2OC)cc1. The Bertz CT molecular complexity index is 1080. The minimum atomic E-state index is -3.52. The molecule has 0 aromatic heterocycles. The number of aryl methyl sites for hydroxylation is 2. The van der Waals surface area contributed by atoms with E-state index in [-0.39, 0.29) is 11.3 Å². The maximum absolute atomic E-state index is 12.5. The second-order valence-electron chi connectivity index (χ2n) is 7.24. The van der Waals surface area contributed by atoms with Crippen molar-refractivity contribution >= 4 is 39.2 Å². The van der Waals surface area contributed by atoms with Gasteiger partial charge in [-0.15, -0.1) is 0 Å². The number of carbonyl (C=O) groups is 2. The fraction of sp³-hybridized carbons (Fsp3) is 0.391. The molecule has 1 amide bonds. The van der Waals surface area contributed by atoms with Crippen LogP contribution in [0.5, 0.6) is 5.75 Å². The number of hydrogen-bond donors (Lipinski definition) is 1. The average molecular weight is 497 g/mol. The Labute approximate surface area is 199 Å². The van der Waals surface area contributed by atoms with Gasteiger partial charge in [0, 0.05) is 30.6 Å². The van der Waals surface area contributed by atoms with Crippen LogP contribution in [0.4, 0.5) is 5.69 Å². The molecule has 0 bridgehead atoms. The number of amides is 1. The number of benzene rings is 2. The molecule has 2 aromatic rings. The fourth-order valence-corrected chi connectivity index (χ4v) is 4.73. The number of hydrogen-bond acceptors (Lipinski definition) is 6. The third-order valence-corrected chi connectivity index (χ3v) is 7.47. The van der Waals surface area contributed by atoms with Gasteiger partial charge >= 0.3 is 5.97 Å². The smallest absolute Gasteiger partial charge is 0.306 e. The van der Waals surface area contributed by atoms with Crippen LogP contribution in [0.25, 0.3) is 0 Å². The molecule has 0 radical (unpaired) electrons. The van der Waals surface area contributed by atoms with Crippen LogP contribution >= 0.6 is 11.6 Å². The molecule has 180 valence electrons. The molecule has 0 heterocycles. The Kier molecular flexibility index (Phi) is 9.70. The summed E-state index contributed by atoms with van der Waals surface area (Å²) in [5.41, 5.74) is 1.98. The van der Waals surface area contributed by atoms with E-state index in [0.29, 0.717) is 36.0 Å². The first-order valence-corrected chi connectivity index (χ1v) is 12.3. The van der Waals surface area contributed by atoms with Crippen molar-refractivity contribution in [2.45, 2.75) is 38.5 Å². The number of ether oxygens (including phenoxy) is 2. The molecule has 0 fully saturated rings. The zero-order valence-electron chi connectivity index (χ0n) is 19.2. The quantitative estimate of drug-likeness (QED) is 0.475. The summed E-state index contributed by atoms with van der Waals surface area (Å²) < 4.78 is 36.7. The third kappa shape index (κ3) is 7.18. The molecule has 0 unspecified atom stereocenters. The summed E-state index contributed by atoms with van der Waals surface area (Å²) >= 11 is 6.05. The molecule has 0 spiro atoms. The molecule has 33 heavy (non-hydrogen) atoms. The Morgan fingerprint density at radius 2 is 1.73 bits per heavy atom. The van der Waals surface area contributed by atoms with Gasteiger partial charge in [-0.1, -0.05) is 37.6 Å². The number of methoxy groups -OCH3 is 1. The lowest BCUT2D eigenvalue weighted by molar-refractivity contribution is -0.147. The predicted octanol–water partition coefficient (Wildman–Crippen LogP) is 3.80. The van der Waals surface area contributed by atoms with Crippen LogP contribution in [-0.2, 0) is 30.8 Å². The normalized spacial score (nSPS) is 11.3. The van der Waals surface area contributed by atoms with Gasteiger partial charge in [0.25, 0.3) is 5.91 Å². The topological polar surface area (TPSA) is 102 Å². The summed E-state index contributed by atoms with van der Waals surface area (Å²) in [7, 11) is -2.06. The van der Waals surface area contributed by atoms with Gasteiger partial charge in [0.15, 0.2) is 6.61 Å². The number of sulfonamides is 1. The van der Waals surface area contributed by atoms with Crippen LogP contribution in [0.2, 0.25) is 5.02 Å². The lowest BCUT2D eigenvalue weighted by Gasteiger charge is -2.18. The number of carbonyl (C=O) groups excluding carboxylic acids is 2. The van der Waals surface area contributed by atoms with E-state index in [1.54, 1.807) is 45.0 Å². The zero-order valence-corrected chi connectivity index (χ0v) is 20.8. The van der Waals surface area contributed by atoms with Crippen LogP contribution in [0.1, 0.15) is 31.4 Å². The van der Waals surface area contributed by atoms with E-state index >= 15 is 0 Å². The molecular weight excluding hydrogens is 468 g/mol. The summed E-state index contributed by atoms with van der Waals surface area (Å²) in [5.74, 6) is -0.643. The van der Waals surface area contributed by atoms with Crippen LogP contribution in [0, 0.1) is 6.92 Å². The molecule has 2 rings (SSSR count). The molecule has 0 saturated heterocycles. The van der Waals surface area contributed by atoms with Gasteiger partial charge < -0.3 is 14.8 Å². The van der Waals surface area contributed by atoms with Gasteiger partial charge in [-0.2, -0.15) is 4.31 Å². The van der Waals surface area contributed by atoms with Gasteiger partial charge in [0.2, 0.25) is 10.0 Å². The molecule has 0 atom stereocenters. The summed E-state index contributed by atoms with van der Waals surface area (Å²) in [6, 6.07) is 9.67. The highest BCUT2D eigenvalue weighted by Gasteiger charge is 2.21. The first-order chi connectivity index (χ1) is 15.6. The van der Waals surface area contributed by atoms with Crippen molar-refractivity contribution in [3.05, 3.63) is 52.5 Å². The monoisotopic (exact) mass is 496 g/mol. The molecule has 0 aliphatic carbocycles. The lowest BCUT2D eigenvalue weighted by Crippen LogP contribution is -2.30. The fourth-order valence-electron chi connectivity index (χ4n) is 3.12. The first kappa shape index (κ1) is 26.6. The largest absolute Gasteiger partial charge is 0.495 e. The molecule has 0 aliphatic rings. The van der Waals surface area contributed by atoms with E-state index in [1.807, 2.05) is 0 Å². The van der Waals surface area contributed by atoms with E-state index < -0.39 is 28.5 Å². The Balaban J connectivity index is 1.86. The van der Waals surface area contributed by atoms with Crippen molar-refractivity contribution in [3.8, 4) is 5.75 Å². The van der Waals surface area contributed by atoms with E-state index in [0.717, 1.165) is 11.1 Å². The lowest BCUT2D eigenvalue weighted by atomic mass is 10.1. The molecule has 1 N–H and O–H groups in total. The number of esters is 1. The van der Waals surface area contributed by atoms with Crippen molar-refractivity contribution in [2.24, 2.45) is 0 Å². The van der Waals surface area contributed by atoms with Gasteiger partial charge in [0.1, 0.15) is 5.75 Å². The van der Waals surface area contributed by atoms with Gasteiger partial charge in [-0.05, 0) is 42.7 Å². The van der Waals surface area contributed by atoms with Crippen molar-refractivity contribution in [3.63, 3.8) is 0 Å². The van der Waals surface area contributed by atoms with E-state index in [1.165, 1.54) is 23.5 Å². The maximum Gasteiger partial charge on any atom is 0.306 e. The number of nitrogens with zero attached hydrogens (tertiary/aromatic N) is 1. The van der Waals surface area contributed by atoms with Crippen molar-refractivity contribution < 1.29 is 27.5 Å². The highest BCUT2D eigenvalue weighted by atomic mass is 35.5. The molecule has 2 aromatic carbocycles. The van der Waals surface area contributed by atoms with E-state index in [2.05, 4.69) is 5.32 Å².